The van der Waals surface area contributed by atoms with Crippen LogP contribution in [-0.2, 0) is 13.0 Å². The number of aryl methyl sites for hydroxylation is 1. The first kappa shape index (κ1) is 18.3. The topological polar surface area (TPSA) is 12.0 Å². The Morgan fingerprint density at radius 3 is 2.43 bits per heavy atom. The third-order valence-corrected chi connectivity index (χ3v) is 3.95. The predicted molar refractivity (Wildman–Crippen MR) is 94.8 cm³/mol. The molecule has 0 aliphatic carbocycles. The minimum atomic E-state index is 0. The summed E-state index contributed by atoms with van der Waals surface area (Å²) in [6, 6.07) is 16.6. The van der Waals surface area contributed by atoms with Gasteiger partial charge in [0.05, 0.1) is 0 Å². The molecule has 114 valence electrons. The molecule has 1 atom stereocenters. The van der Waals surface area contributed by atoms with Gasteiger partial charge in [0.25, 0.3) is 0 Å². The highest BCUT2D eigenvalue weighted by Crippen LogP contribution is 2.21. The number of halogens is 3. The van der Waals surface area contributed by atoms with E-state index in [9.17, 15) is 0 Å². The van der Waals surface area contributed by atoms with Crippen LogP contribution in [0.15, 0.2) is 48.5 Å². The molecule has 0 amide bonds. The summed E-state index contributed by atoms with van der Waals surface area (Å²) in [6.45, 7) is 2.97. The number of nitrogens with one attached hydrogen (secondary N) is 1. The van der Waals surface area contributed by atoms with E-state index in [0.29, 0.717) is 11.1 Å². The zero-order valence-electron chi connectivity index (χ0n) is 12.0. The van der Waals surface area contributed by atoms with Crippen LogP contribution in [0.2, 0.25) is 10.0 Å². The van der Waals surface area contributed by atoms with Crippen LogP contribution < -0.4 is 5.32 Å². The van der Waals surface area contributed by atoms with Gasteiger partial charge >= 0.3 is 0 Å². The van der Waals surface area contributed by atoms with Crippen LogP contribution in [0.25, 0.3) is 0 Å². The van der Waals surface area contributed by atoms with Crippen molar-refractivity contribution in [2.24, 2.45) is 0 Å². The Bertz CT molecular complexity index is 543. The molecule has 0 aromatic heterocycles. The maximum Gasteiger partial charge on any atom is 0.0465 e. The van der Waals surface area contributed by atoms with Gasteiger partial charge in [-0.2, -0.15) is 0 Å². The molecule has 0 bridgehead atoms. The number of hydrogen-bond donors (Lipinski definition) is 1. The summed E-state index contributed by atoms with van der Waals surface area (Å²) in [7, 11) is 0. The van der Waals surface area contributed by atoms with Crippen LogP contribution in [0.3, 0.4) is 0 Å². The lowest BCUT2D eigenvalue weighted by atomic mass is 10.1. The van der Waals surface area contributed by atoms with Crippen LogP contribution in [0.4, 0.5) is 0 Å². The summed E-state index contributed by atoms with van der Waals surface area (Å²) in [4.78, 5) is 0. The number of benzene rings is 2. The molecule has 0 saturated carbocycles. The molecule has 0 spiro atoms. The number of hydrogen-bond acceptors (Lipinski definition) is 1. The molecule has 0 fully saturated rings. The van der Waals surface area contributed by atoms with E-state index in [4.69, 9.17) is 23.2 Å². The lowest BCUT2D eigenvalue weighted by Crippen LogP contribution is -2.26. The fourth-order valence-corrected chi connectivity index (χ4v) is 2.55. The van der Waals surface area contributed by atoms with Crippen LogP contribution in [0.5, 0.6) is 0 Å². The molecular formula is C17H20Cl3N. The second-order valence-corrected chi connectivity index (χ2v) is 5.89. The summed E-state index contributed by atoms with van der Waals surface area (Å²) in [6.07, 6.45) is 2.19. The molecule has 1 nitrogen and oxygen atoms in total. The van der Waals surface area contributed by atoms with Gasteiger partial charge in [-0.25, -0.2) is 0 Å². The second-order valence-electron chi connectivity index (χ2n) is 5.04. The monoisotopic (exact) mass is 343 g/mol. The van der Waals surface area contributed by atoms with Crippen molar-refractivity contribution >= 4 is 35.6 Å². The molecule has 0 saturated heterocycles. The molecule has 1 N–H and O–H groups in total. The first-order chi connectivity index (χ1) is 9.65. The van der Waals surface area contributed by atoms with E-state index in [0.717, 1.165) is 30.0 Å². The van der Waals surface area contributed by atoms with E-state index in [1.54, 1.807) is 6.07 Å². The maximum atomic E-state index is 6.16. The van der Waals surface area contributed by atoms with Gasteiger partial charge in [0, 0.05) is 22.6 Å². The summed E-state index contributed by atoms with van der Waals surface area (Å²) in [5, 5.41) is 4.90. The second kappa shape index (κ2) is 9.32. The standard InChI is InChI=1S/C17H19Cl2N.ClH/c1-13(7-8-14-5-3-2-4-6-14)20-12-15-9-10-16(18)11-17(15)19;/h2-6,9-11,13,20H,7-8,12H2,1H3;1H. The third-order valence-electron chi connectivity index (χ3n) is 3.36. The van der Waals surface area contributed by atoms with Crippen molar-refractivity contribution in [3.05, 3.63) is 69.7 Å². The van der Waals surface area contributed by atoms with E-state index in [1.807, 2.05) is 18.2 Å². The van der Waals surface area contributed by atoms with Crippen molar-refractivity contribution in [2.75, 3.05) is 0 Å². The summed E-state index contributed by atoms with van der Waals surface area (Å²) >= 11 is 12.1. The highest BCUT2D eigenvalue weighted by molar-refractivity contribution is 6.35. The lowest BCUT2D eigenvalue weighted by Gasteiger charge is -2.14. The Morgan fingerprint density at radius 1 is 1.05 bits per heavy atom. The van der Waals surface area contributed by atoms with E-state index in [-0.39, 0.29) is 12.4 Å². The van der Waals surface area contributed by atoms with Gasteiger partial charge in [-0.15, -0.1) is 12.4 Å². The van der Waals surface area contributed by atoms with Gasteiger partial charge < -0.3 is 5.32 Å². The zero-order chi connectivity index (χ0) is 14.4. The Hall–Kier alpha value is -0.730. The minimum Gasteiger partial charge on any atom is -0.310 e. The van der Waals surface area contributed by atoms with E-state index in [1.165, 1.54) is 5.56 Å². The highest BCUT2D eigenvalue weighted by atomic mass is 35.5. The fraction of sp³-hybridized carbons (Fsp3) is 0.294. The molecular weight excluding hydrogens is 325 g/mol. The van der Waals surface area contributed by atoms with Gasteiger partial charge in [-0.3, -0.25) is 0 Å². The Balaban J connectivity index is 0.00000220. The van der Waals surface area contributed by atoms with Gasteiger partial charge in [-0.05, 0) is 43.0 Å². The molecule has 0 aliphatic heterocycles. The van der Waals surface area contributed by atoms with Gasteiger partial charge in [0.2, 0.25) is 0 Å². The summed E-state index contributed by atoms with van der Waals surface area (Å²) in [5.74, 6) is 0. The first-order valence-corrected chi connectivity index (χ1v) is 7.62. The fourth-order valence-electron chi connectivity index (χ4n) is 2.08. The molecule has 1 unspecified atom stereocenters. The van der Waals surface area contributed by atoms with Crippen LogP contribution >= 0.6 is 35.6 Å². The van der Waals surface area contributed by atoms with Gasteiger partial charge in [0.15, 0.2) is 0 Å². The minimum absolute atomic E-state index is 0. The predicted octanol–water partition coefficient (Wildman–Crippen LogP) is 5.53. The highest BCUT2D eigenvalue weighted by Gasteiger charge is 2.05. The first-order valence-electron chi connectivity index (χ1n) is 6.86. The SMILES string of the molecule is CC(CCc1ccccc1)NCc1ccc(Cl)cc1Cl.Cl. The van der Waals surface area contributed by atoms with Crippen molar-refractivity contribution in [1.29, 1.82) is 0 Å². The van der Waals surface area contributed by atoms with Crippen molar-refractivity contribution in [3.63, 3.8) is 0 Å². The van der Waals surface area contributed by atoms with E-state index < -0.39 is 0 Å². The summed E-state index contributed by atoms with van der Waals surface area (Å²) in [5.41, 5.74) is 2.47. The molecule has 4 heteroatoms. The molecule has 2 rings (SSSR count). The van der Waals surface area contributed by atoms with E-state index >= 15 is 0 Å². The van der Waals surface area contributed by atoms with Gasteiger partial charge in [0.1, 0.15) is 0 Å². The normalized spacial score (nSPS) is 11.8. The van der Waals surface area contributed by atoms with Crippen LogP contribution in [0.1, 0.15) is 24.5 Å². The zero-order valence-corrected chi connectivity index (χ0v) is 14.3. The van der Waals surface area contributed by atoms with Crippen molar-refractivity contribution in [2.45, 2.75) is 32.4 Å². The molecule has 0 aliphatic rings. The molecule has 2 aromatic carbocycles. The molecule has 0 heterocycles. The quantitative estimate of drug-likeness (QED) is 0.727. The van der Waals surface area contributed by atoms with Crippen LogP contribution in [-0.4, -0.2) is 6.04 Å². The van der Waals surface area contributed by atoms with Crippen LogP contribution in [0, 0.1) is 0 Å². The largest absolute Gasteiger partial charge is 0.310 e. The van der Waals surface area contributed by atoms with Crippen molar-refractivity contribution < 1.29 is 0 Å². The maximum absolute atomic E-state index is 6.16. The van der Waals surface area contributed by atoms with E-state index in [2.05, 4.69) is 36.5 Å². The summed E-state index contributed by atoms with van der Waals surface area (Å²) < 4.78 is 0. The molecule has 21 heavy (non-hydrogen) atoms. The average molecular weight is 345 g/mol. The Kier molecular flexibility index (Phi) is 8.13. The van der Waals surface area contributed by atoms with Crippen molar-refractivity contribution in [1.82, 2.24) is 5.32 Å². The number of rotatable bonds is 6. The van der Waals surface area contributed by atoms with Gasteiger partial charge in [-0.1, -0.05) is 59.6 Å². The third kappa shape index (κ3) is 6.27. The van der Waals surface area contributed by atoms with Crippen molar-refractivity contribution in [3.8, 4) is 0 Å². The Morgan fingerprint density at radius 2 is 1.76 bits per heavy atom. The smallest absolute Gasteiger partial charge is 0.0465 e. The Labute approximate surface area is 143 Å². The molecule has 2 aromatic rings. The lowest BCUT2D eigenvalue weighted by molar-refractivity contribution is 0.514. The average Bonchev–Trinajstić information content (AvgIpc) is 2.45. The molecule has 0 radical (unpaired) electrons.